The van der Waals surface area contributed by atoms with E-state index in [-0.39, 0.29) is 17.3 Å². The number of amides is 1. The van der Waals surface area contributed by atoms with Crippen LogP contribution in [0, 0.1) is 0 Å². The SMILES string of the molecule is CSc1ccc(/C=N/NC(=O)c2nnn(-c3nonc3N)c2CN2CCCC[C@@H]2C)cc1. The molecule has 0 bridgehead atoms. The van der Waals surface area contributed by atoms with Gasteiger partial charge in [0.15, 0.2) is 5.69 Å². The summed E-state index contributed by atoms with van der Waals surface area (Å²) in [5, 5.41) is 19.7. The summed E-state index contributed by atoms with van der Waals surface area (Å²) in [7, 11) is 0. The number of thioether (sulfide) groups is 1. The molecule has 0 unspecified atom stereocenters. The Labute approximate surface area is 189 Å². The van der Waals surface area contributed by atoms with Gasteiger partial charge >= 0.3 is 0 Å². The molecule has 1 fully saturated rings. The number of aromatic nitrogens is 5. The first-order valence-corrected chi connectivity index (χ1v) is 11.5. The van der Waals surface area contributed by atoms with Crippen LogP contribution in [0.2, 0.25) is 0 Å². The van der Waals surface area contributed by atoms with Crippen molar-refractivity contribution in [2.45, 2.75) is 43.7 Å². The number of hydrogen-bond acceptors (Lipinski definition) is 10. The molecule has 1 amide bonds. The molecule has 1 aromatic carbocycles. The van der Waals surface area contributed by atoms with Gasteiger partial charge in [0.05, 0.1) is 11.9 Å². The van der Waals surface area contributed by atoms with Crippen molar-refractivity contribution >= 4 is 29.7 Å². The highest BCUT2D eigenvalue weighted by atomic mass is 32.2. The van der Waals surface area contributed by atoms with E-state index in [9.17, 15) is 4.79 Å². The highest BCUT2D eigenvalue weighted by molar-refractivity contribution is 7.98. The first-order chi connectivity index (χ1) is 15.6. The van der Waals surface area contributed by atoms with E-state index in [1.807, 2.05) is 30.5 Å². The predicted octanol–water partition coefficient (Wildman–Crippen LogP) is 2.09. The van der Waals surface area contributed by atoms with E-state index in [0.29, 0.717) is 18.3 Å². The highest BCUT2D eigenvalue weighted by Crippen LogP contribution is 2.22. The van der Waals surface area contributed by atoms with Crippen LogP contribution < -0.4 is 11.2 Å². The summed E-state index contributed by atoms with van der Waals surface area (Å²) in [5.41, 5.74) is 9.97. The lowest BCUT2D eigenvalue weighted by atomic mass is 10.0. The average Bonchev–Trinajstić information content (AvgIpc) is 3.41. The minimum absolute atomic E-state index is 0.0708. The van der Waals surface area contributed by atoms with E-state index in [1.54, 1.807) is 18.0 Å². The third-order valence-electron chi connectivity index (χ3n) is 5.46. The molecule has 0 aliphatic carbocycles. The first kappa shape index (κ1) is 22.0. The molecule has 32 heavy (non-hydrogen) atoms. The van der Waals surface area contributed by atoms with Crippen molar-refractivity contribution in [1.29, 1.82) is 0 Å². The number of carbonyl (C=O) groups excluding carboxylic acids is 1. The molecule has 1 aliphatic heterocycles. The Morgan fingerprint density at radius 1 is 1.34 bits per heavy atom. The molecule has 168 valence electrons. The summed E-state index contributed by atoms with van der Waals surface area (Å²) in [5.74, 6) is -0.196. The van der Waals surface area contributed by atoms with Gasteiger partial charge < -0.3 is 5.73 Å². The van der Waals surface area contributed by atoms with Gasteiger partial charge in [0.25, 0.3) is 5.91 Å². The van der Waals surface area contributed by atoms with E-state index in [1.165, 1.54) is 11.1 Å². The van der Waals surface area contributed by atoms with Crippen LogP contribution in [0.15, 0.2) is 38.9 Å². The van der Waals surface area contributed by atoms with Gasteiger partial charge in [0.2, 0.25) is 11.6 Å². The predicted molar refractivity (Wildman–Crippen MR) is 121 cm³/mol. The summed E-state index contributed by atoms with van der Waals surface area (Å²) in [4.78, 5) is 16.3. The Morgan fingerprint density at radius 3 is 2.84 bits per heavy atom. The van der Waals surface area contributed by atoms with Gasteiger partial charge in [0.1, 0.15) is 0 Å². The van der Waals surface area contributed by atoms with Crippen molar-refractivity contribution in [2.75, 3.05) is 18.5 Å². The van der Waals surface area contributed by atoms with E-state index in [0.717, 1.165) is 29.8 Å². The van der Waals surface area contributed by atoms with E-state index < -0.39 is 5.91 Å². The lowest BCUT2D eigenvalue weighted by Crippen LogP contribution is -2.38. The van der Waals surface area contributed by atoms with Gasteiger partial charge in [-0.1, -0.05) is 23.8 Å². The molecule has 1 saturated heterocycles. The van der Waals surface area contributed by atoms with Crippen LogP contribution in [0.5, 0.6) is 0 Å². The van der Waals surface area contributed by atoms with Crippen molar-refractivity contribution in [3.8, 4) is 5.82 Å². The molecule has 12 heteroatoms. The topological polar surface area (TPSA) is 140 Å². The number of hydrogen-bond donors (Lipinski definition) is 2. The number of rotatable bonds is 7. The molecule has 0 saturated carbocycles. The van der Waals surface area contributed by atoms with Gasteiger partial charge in [-0.25, -0.2) is 10.1 Å². The van der Waals surface area contributed by atoms with Crippen molar-refractivity contribution in [3.63, 3.8) is 0 Å². The second-order valence-corrected chi connectivity index (χ2v) is 8.44. The Hall–Kier alpha value is -3.25. The number of nitrogens with zero attached hydrogens (tertiary/aromatic N) is 7. The minimum atomic E-state index is -0.470. The maximum absolute atomic E-state index is 12.9. The normalized spacial score (nSPS) is 17.1. The molecular weight excluding hydrogens is 430 g/mol. The van der Waals surface area contributed by atoms with E-state index in [2.05, 4.69) is 43.0 Å². The van der Waals surface area contributed by atoms with Crippen LogP contribution in [-0.2, 0) is 6.54 Å². The first-order valence-electron chi connectivity index (χ1n) is 10.3. The van der Waals surface area contributed by atoms with Crippen LogP contribution in [0.1, 0.15) is 47.9 Å². The fourth-order valence-corrected chi connectivity index (χ4v) is 4.03. The van der Waals surface area contributed by atoms with Crippen molar-refractivity contribution in [3.05, 3.63) is 41.2 Å². The van der Waals surface area contributed by atoms with Gasteiger partial charge in [-0.3, -0.25) is 9.69 Å². The zero-order chi connectivity index (χ0) is 22.5. The fraction of sp³-hybridized carbons (Fsp3) is 0.400. The zero-order valence-corrected chi connectivity index (χ0v) is 18.7. The van der Waals surface area contributed by atoms with E-state index in [4.69, 9.17) is 10.4 Å². The molecule has 11 nitrogen and oxygen atoms in total. The van der Waals surface area contributed by atoms with Crippen LogP contribution in [0.25, 0.3) is 5.82 Å². The van der Waals surface area contributed by atoms with Crippen molar-refractivity contribution < 1.29 is 9.42 Å². The molecular formula is C20H25N9O2S. The number of carbonyl (C=O) groups is 1. The molecule has 0 radical (unpaired) electrons. The summed E-state index contributed by atoms with van der Waals surface area (Å²) >= 11 is 1.66. The summed E-state index contributed by atoms with van der Waals surface area (Å²) in [6.45, 7) is 3.55. The largest absolute Gasteiger partial charge is 0.378 e. The lowest BCUT2D eigenvalue weighted by molar-refractivity contribution is 0.0945. The monoisotopic (exact) mass is 455 g/mol. The van der Waals surface area contributed by atoms with Crippen molar-refractivity contribution in [1.82, 2.24) is 35.6 Å². The molecule has 3 aromatic rings. The average molecular weight is 456 g/mol. The van der Waals surface area contributed by atoms with Gasteiger partial charge in [0, 0.05) is 17.5 Å². The number of benzene rings is 1. The number of nitrogens with two attached hydrogens (primary N) is 1. The third kappa shape index (κ3) is 4.81. The summed E-state index contributed by atoms with van der Waals surface area (Å²) < 4.78 is 6.12. The molecule has 3 heterocycles. The standard InChI is InChI=1S/C20H25N9O2S/c1-13-5-3-4-10-28(13)12-16-17(23-27-29(16)19-18(21)25-31-26-19)20(30)24-22-11-14-6-8-15(32-2)9-7-14/h6-9,11,13H,3-5,10,12H2,1-2H3,(H2,21,25)(H,24,30)/b22-11+/t13-/m0/s1. The summed E-state index contributed by atoms with van der Waals surface area (Å²) in [6, 6.07) is 8.22. The van der Waals surface area contributed by atoms with Crippen LogP contribution in [-0.4, -0.2) is 61.2 Å². The number of likely N-dealkylation sites (tertiary alicyclic amines) is 1. The Balaban J connectivity index is 1.56. The maximum Gasteiger partial charge on any atom is 0.293 e. The number of hydrazone groups is 1. The fourth-order valence-electron chi connectivity index (χ4n) is 3.62. The maximum atomic E-state index is 12.9. The Bertz CT molecular complexity index is 1090. The zero-order valence-electron chi connectivity index (χ0n) is 17.9. The number of piperidine rings is 1. The lowest BCUT2D eigenvalue weighted by Gasteiger charge is -2.33. The highest BCUT2D eigenvalue weighted by Gasteiger charge is 2.27. The van der Waals surface area contributed by atoms with Crippen LogP contribution >= 0.6 is 11.8 Å². The van der Waals surface area contributed by atoms with Crippen LogP contribution in [0.3, 0.4) is 0 Å². The smallest absolute Gasteiger partial charge is 0.293 e. The molecule has 1 aliphatic rings. The molecule has 3 N–H and O–H groups in total. The molecule has 1 atom stereocenters. The quantitative estimate of drug-likeness (QED) is 0.311. The second kappa shape index (κ2) is 9.92. The van der Waals surface area contributed by atoms with Crippen LogP contribution in [0.4, 0.5) is 5.82 Å². The number of nitrogen functional groups attached to an aromatic ring is 1. The third-order valence-corrected chi connectivity index (χ3v) is 6.21. The van der Waals surface area contributed by atoms with Gasteiger partial charge in [-0.05, 0) is 60.6 Å². The minimum Gasteiger partial charge on any atom is -0.378 e. The summed E-state index contributed by atoms with van der Waals surface area (Å²) in [6.07, 6.45) is 6.98. The Kier molecular flexibility index (Phi) is 6.81. The molecule has 0 spiro atoms. The Morgan fingerprint density at radius 2 is 2.16 bits per heavy atom. The van der Waals surface area contributed by atoms with E-state index >= 15 is 0 Å². The number of anilines is 1. The molecule has 2 aromatic heterocycles. The second-order valence-electron chi connectivity index (χ2n) is 7.56. The van der Waals surface area contributed by atoms with Gasteiger partial charge in [-0.2, -0.15) is 9.78 Å². The number of nitrogens with one attached hydrogen (secondary N) is 1. The molecule has 4 rings (SSSR count). The van der Waals surface area contributed by atoms with Crippen molar-refractivity contribution in [2.24, 2.45) is 5.10 Å². The van der Waals surface area contributed by atoms with Gasteiger partial charge in [-0.15, -0.1) is 16.9 Å².